The van der Waals surface area contributed by atoms with E-state index in [9.17, 15) is 14.4 Å². The Kier molecular flexibility index (Phi) is 4.75. The molecule has 90 valence electrons. The summed E-state index contributed by atoms with van der Waals surface area (Å²) in [7, 11) is 1.40. The molecule has 6 heteroatoms. The second kappa shape index (κ2) is 6.09. The van der Waals surface area contributed by atoms with Gasteiger partial charge in [-0.05, 0) is 12.8 Å². The number of likely N-dealkylation sites (tertiary alicyclic amines) is 1. The zero-order valence-electron chi connectivity index (χ0n) is 9.41. The fraction of sp³-hybridized carbons (Fsp3) is 0.700. The van der Waals surface area contributed by atoms with Crippen molar-refractivity contribution in [2.75, 3.05) is 26.7 Å². The van der Waals surface area contributed by atoms with E-state index in [0.717, 1.165) is 19.4 Å². The molecule has 1 aliphatic rings. The lowest BCUT2D eigenvalue weighted by molar-refractivity contribution is -0.139. The monoisotopic (exact) mass is 227 g/mol. The topological polar surface area (TPSA) is 78.5 Å². The molecule has 0 radical (unpaired) electrons. The number of hydrogen-bond acceptors (Lipinski definition) is 3. The zero-order chi connectivity index (χ0) is 12.0. The fourth-order valence-electron chi connectivity index (χ4n) is 1.60. The third-order valence-corrected chi connectivity index (χ3v) is 2.52. The van der Waals surface area contributed by atoms with E-state index in [4.69, 9.17) is 0 Å². The van der Waals surface area contributed by atoms with Crippen LogP contribution in [0.25, 0.3) is 0 Å². The minimum Gasteiger partial charge on any atom is -0.351 e. The van der Waals surface area contributed by atoms with Crippen LogP contribution in [0.4, 0.5) is 0 Å². The fourth-order valence-corrected chi connectivity index (χ4v) is 1.60. The van der Waals surface area contributed by atoms with E-state index in [-0.39, 0.29) is 5.91 Å². The van der Waals surface area contributed by atoms with Crippen LogP contribution in [0.15, 0.2) is 0 Å². The highest BCUT2D eigenvalue weighted by Gasteiger charge is 2.18. The smallest absolute Gasteiger partial charge is 0.309 e. The summed E-state index contributed by atoms with van der Waals surface area (Å²) in [5.41, 5.74) is 0. The van der Waals surface area contributed by atoms with Gasteiger partial charge in [0.1, 0.15) is 0 Å². The third-order valence-electron chi connectivity index (χ3n) is 2.52. The molecule has 1 saturated heterocycles. The summed E-state index contributed by atoms with van der Waals surface area (Å²) in [5, 5.41) is 4.69. The highest BCUT2D eigenvalue weighted by atomic mass is 16.2. The van der Waals surface area contributed by atoms with E-state index in [1.807, 2.05) is 0 Å². The number of likely N-dealkylation sites (N-methyl/N-ethyl adjacent to an activating group) is 1. The van der Waals surface area contributed by atoms with Crippen LogP contribution in [0, 0.1) is 0 Å². The number of nitrogens with zero attached hydrogens (tertiary/aromatic N) is 1. The van der Waals surface area contributed by atoms with Gasteiger partial charge in [0.2, 0.25) is 5.91 Å². The number of hydrogen-bond donors (Lipinski definition) is 2. The minimum absolute atomic E-state index is 0.125. The van der Waals surface area contributed by atoms with E-state index in [1.165, 1.54) is 7.05 Å². The summed E-state index contributed by atoms with van der Waals surface area (Å²) in [4.78, 5) is 35.0. The molecule has 3 amide bonds. The first-order valence-corrected chi connectivity index (χ1v) is 5.43. The van der Waals surface area contributed by atoms with Crippen molar-refractivity contribution in [1.29, 1.82) is 0 Å². The lowest BCUT2D eigenvalue weighted by Crippen LogP contribution is -2.44. The van der Waals surface area contributed by atoms with Crippen LogP contribution >= 0.6 is 0 Å². The van der Waals surface area contributed by atoms with Crippen LogP contribution in [0.3, 0.4) is 0 Å². The maximum absolute atomic E-state index is 11.4. The highest BCUT2D eigenvalue weighted by molar-refractivity contribution is 6.34. The van der Waals surface area contributed by atoms with Gasteiger partial charge >= 0.3 is 11.8 Å². The summed E-state index contributed by atoms with van der Waals surface area (Å²) in [6.07, 6.45) is 2.54. The van der Waals surface area contributed by atoms with Crippen molar-refractivity contribution >= 4 is 17.7 Å². The Bertz CT molecular complexity index is 291. The summed E-state index contributed by atoms with van der Waals surface area (Å²) in [6, 6.07) is 0. The van der Waals surface area contributed by atoms with Gasteiger partial charge in [-0.25, -0.2) is 0 Å². The molecular formula is C10H17N3O3. The van der Waals surface area contributed by atoms with E-state index < -0.39 is 11.8 Å². The molecule has 0 aliphatic carbocycles. The largest absolute Gasteiger partial charge is 0.351 e. The van der Waals surface area contributed by atoms with Gasteiger partial charge in [0, 0.05) is 33.1 Å². The third kappa shape index (κ3) is 3.52. The average Bonchev–Trinajstić information content (AvgIpc) is 2.30. The highest BCUT2D eigenvalue weighted by Crippen LogP contribution is 2.09. The first-order chi connectivity index (χ1) is 7.65. The number of amides is 3. The Morgan fingerprint density at radius 1 is 1.31 bits per heavy atom. The first kappa shape index (κ1) is 12.5. The molecule has 1 fully saturated rings. The molecule has 0 unspecified atom stereocenters. The van der Waals surface area contributed by atoms with Crippen molar-refractivity contribution in [3.05, 3.63) is 0 Å². The van der Waals surface area contributed by atoms with Crippen molar-refractivity contribution in [3.8, 4) is 0 Å². The van der Waals surface area contributed by atoms with Crippen LogP contribution in [-0.2, 0) is 14.4 Å². The Labute approximate surface area is 94.4 Å². The summed E-state index contributed by atoms with van der Waals surface area (Å²) >= 11 is 0. The molecule has 0 aromatic heterocycles. The Balaban J connectivity index is 2.22. The summed E-state index contributed by atoms with van der Waals surface area (Å²) in [5.74, 6) is -1.20. The molecule has 1 rings (SSSR count). The molecule has 0 bridgehead atoms. The molecule has 0 saturated carbocycles. The SMILES string of the molecule is CNC(=O)C(=O)NCCN1CCCCC1=O. The molecule has 0 atom stereocenters. The van der Waals surface area contributed by atoms with Crippen molar-refractivity contribution < 1.29 is 14.4 Å². The van der Waals surface area contributed by atoms with Crippen LogP contribution in [0.2, 0.25) is 0 Å². The second-order valence-electron chi connectivity index (χ2n) is 3.67. The van der Waals surface area contributed by atoms with Crippen molar-refractivity contribution in [3.63, 3.8) is 0 Å². The van der Waals surface area contributed by atoms with Gasteiger partial charge in [0.25, 0.3) is 0 Å². The Morgan fingerprint density at radius 3 is 2.69 bits per heavy atom. The van der Waals surface area contributed by atoms with Gasteiger partial charge in [0.05, 0.1) is 0 Å². The molecule has 6 nitrogen and oxygen atoms in total. The van der Waals surface area contributed by atoms with E-state index >= 15 is 0 Å². The number of nitrogens with one attached hydrogen (secondary N) is 2. The molecule has 0 spiro atoms. The van der Waals surface area contributed by atoms with Gasteiger partial charge in [-0.2, -0.15) is 0 Å². The lowest BCUT2D eigenvalue weighted by Gasteiger charge is -2.26. The molecular weight excluding hydrogens is 210 g/mol. The van der Waals surface area contributed by atoms with Crippen LogP contribution < -0.4 is 10.6 Å². The molecule has 0 aromatic rings. The standard InChI is InChI=1S/C10H17N3O3/c1-11-9(15)10(16)12-5-7-13-6-3-2-4-8(13)14/h2-7H2,1H3,(H,11,15)(H,12,16). The molecule has 16 heavy (non-hydrogen) atoms. The quantitative estimate of drug-likeness (QED) is 0.598. The number of carbonyl (C=O) groups excluding carboxylic acids is 3. The number of rotatable bonds is 3. The predicted molar refractivity (Wildman–Crippen MR) is 57.5 cm³/mol. The Morgan fingerprint density at radius 2 is 2.06 bits per heavy atom. The van der Waals surface area contributed by atoms with Gasteiger partial charge in [-0.15, -0.1) is 0 Å². The van der Waals surface area contributed by atoms with Gasteiger partial charge < -0.3 is 15.5 Å². The van der Waals surface area contributed by atoms with E-state index in [2.05, 4.69) is 10.6 Å². The molecule has 2 N–H and O–H groups in total. The van der Waals surface area contributed by atoms with Crippen molar-refractivity contribution in [2.24, 2.45) is 0 Å². The first-order valence-electron chi connectivity index (χ1n) is 5.43. The maximum atomic E-state index is 11.4. The number of carbonyl (C=O) groups is 3. The number of piperidine rings is 1. The van der Waals surface area contributed by atoms with E-state index in [0.29, 0.717) is 19.5 Å². The maximum Gasteiger partial charge on any atom is 0.309 e. The van der Waals surface area contributed by atoms with Crippen molar-refractivity contribution in [2.45, 2.75) is 19.3 Å². The molecule has 0 aromatic carbocycles. The van der Waals surface area contributed by atoms with Gasteiger partial charge in [-0.3, -0.25) is 14.4 Å². The zero-order valence-corrected chi connectivity index (χ0v) is 9.41. The second-order valence-corrected chi connectivity index (χ2v) is 3.67. The summed E-state index contributed by atoms with van der Waals surface area (Å²) < 4.78 is 0. The van der Waals surface area contributed by atoms with Crippen LogP contribution in [0.1, 0.15) is 19.3 Å². The van der Waals surface area contributed by atoms with Crippen molar-refractivity contribution in [1.82, 2.24) is 15.5 Å². The molecule has 1 heterocycles. The molecule has 1 aliphatic heterocycles. The van der Waals surface area contributed by atoms with Gasteiger partial charge in [0.15, 0.2) is 0 Å². The normalized spacial score (nSPS) is 15.8. The van der Waals surface area contributed by atoms with Crippen LogP contribution in [-0.4, -0.2) is 49.3 Å². The lowest BCUT2D eigenvalue weighted by atomic mass is 10.1. The minimum atomic E-state index is -0.662. The summed E-state index contributed by atoms with van der Waals surface area (Å²) in [6.45, 7) is 1.54. The van der Waals surface area contributed by atoms with Gasteiger partial charge in [-0.1, -0.05) is 0 Å². The Hall–Kier alpha value is -1.59. The van der Waals surface area contributed by atoms with Crippen LogP contribution in [0.5, 0.6) is 0 Å². The predicted octanol–water partition coefficient (Wildman–Crippen LogP) is -1.14. The van der Waals surface area contributed by atoms with E-state index in [1.54, 1.807) is 4.90 Å². The average molecular weight is 227 g/mol.